The normalized spacial score (nSPS) is 15.0. The first-order chi connectivity index (χ1) is 15.0. The molecular formula is C22H35N5O4. The third-order valence-electron chi connectivity index (χ3n) is 4.62. The molecule has 1 aliphatic heterocycles. The predicted molar refractivity (Wildman–Crippen MR) is 121 cm³/mol. The molecule has 1 aliphatic rings. The van der Waals surface area contributed by atoms with Crippen LogP contribution in [-0.2, 0) is 4.79 Å². The molecule has 172 valence electrons. The number of nitrogens with zero attached hydrogens (tertiary/aromatic N) is 2. The van der Waals surface area contributed by atoms with E-state index in [4.69, 9.17) is 9.47 Å². The van der Waals surface area contributed by atoms with Gasteiger partial charge in [-0.05, 0) is 44.4 Å². The largest absolute Gasteiger partial charge is 0.490 e. The number of amides is 3. The number of carbonyl (C=O) groups excluding carboxylic acids is 2. The van der Waals surface area contributed by atoms with Crippen molar-refractivity contribution in [2.24, 2.45) is 4.99 Å². The van der Waals surface area contributed by atoms with Crippen LogP contribution >= 0.6 is 0 Å². The molecule has 1 aromatic rings. The highest BCUT2D eigenvalue weighted by Crippen LogP contribution is 2.31. The van der Waals surface area contributed by atoms with Crippen LogP contribution in [0.3, 0.4) is 0 Å². The van der Waals surface area contributed by atoms with Gasteiger partial charge in [-0.15, -0.1) is 0 Å². The van der Waals surface area contributed by atoms with Crippen molar-refractivity contribution in [2.45, 2.75) is 46.6 Å². The fourth-order valence-corrected chi connectivity index (χ4v) is 3.00. The molecule has 9 nitrogen and oxygen atoms in total. The van der Waals surface area contributed by atoms with Gasteiger partial charge in [0.05, 0.1) is 38.9 Å². The lowest BCUT2D eigenvalue weighted by Gasteiger charge is -2.20. The number of aliphatic imine (C=N–C) groups is 1. The van der Waals surface area contributed by atoms with Crippen LogP contribution in [0.25, 0.3) is 0 Å². The fourth-order valence-electron chi connectivity index (χ4n) is 3.00. The molecule has 0 saturated carbocycles. The second-order valence-electron chi connectivity index (χ2n) is 7.23. The molecule has 1 heterocycles. The van der Waals surface area contributed by atoms with Crippen molar-refractivity contribution in [3.05, 3.63) is 23.8 Å². The van der Waals surface area contributed by atoms with E-state index in [0.29, 0.717) is 32.3 Å². The Morgan fingerprint density at radius 3 is 2.48 bits per heavy atom. The summed E-state index contributed by atoms with van der Waals surface area (Å²) in [6.45, 7) is 10.7. The van der Waals surface area contributed by atoms with E-state index in [1.54, 1.807) is 0 Å². The van der Waals surface area contributed by atoms with E-state index in [1.807, 2.05) is 32.0 Å². The number of urea groups is 1. The monoisotopic (exact) mass is 433 g/mol. The Bertz CT molecular complexity index is 752. The minimum absolute atomic E-state index is 0.0429. The van der Waals surface area contributed by atoms with Crippen LogP contribution in [0.15, 0.2) is 23.2 Å². The highest BCUT2D eigenvalue weighted by atomic mass is 16.5. The number of hydrogen-bond donors (Lipinski definition) is 3. The molecule has 3 N–H and O–H groups in total. The van der Waals surface area contributed by atoms with Gasteiger partial charge >= 0.3 is 6.03 Å². The number of rotatable bonds is 12. The Kier molecular flexibility index (Phi) is 9.93. The van der Waals surface area contributed by atoms with Crippen molar-refractivity contribution in [1.82, 2.24) is 20.9 Å². The van der Waals surface area contributed by atoms with Gasteiger partial charge in [0.2, 0.25) is 5.91 Å². The van der Waals surface area contributed by atoms with E-state index in [0.717, 1.165) is 29.9 Å². The van der Waals surface area contributed by atoms with E-state index in [-0.39, 0.29) is 31.1 Å². The lowest BCUT2D eigenvalue weighted by Crippen LogP contribution is -2.40. The number of benzene rings is 1. The highest BCUT2D eigenvalue weighted by molar-refractivity contribution is 6.01. The zero-order valence-corrected chi connectivity index (χ0v) is 19.0. The summed E-state index contributed by atoms with van der Waals surface area (Å²) in [6.07, 6.45) is 1.85. The number of guanidine groups is 1. The summed E-state index contributed by atoms with van der Waals surface area (Å²) in [5, 5.41) is 9.07. The van der Waals surface area contributed by atoms with Gasteiger partial charge in [0.1, 0.15) is 0 Å². The molecule has 0 aliphatic carbocycles. The summed E-state index contributed by atoms with van der Waals surface area (Å²) < 4.78 is 11.7. The quantitative estimate of drug-likeness (QED) is 0.266. The molecule has 1 saturated heterocycles. The van der Waals surface area contributed by atoms with Crippen LogP contribution in [0.4, 0.5) is 4.79 Å². The summed E-state index contributed by atoms with van der Waals surface area (Å²) in [4.78, 5) is 29.0. The molecular weight excluding hydrogens is 398 g/mol. The first-order valence-corrected chi connectivity index (χ1v) is 11.0. The van der Waals surface area contributed by atoms with E-state index in [1.165, 1.54) is 4.90 Å². The van der Waals surface area contributed by atoms with Gasteiger partial charge < -0.3 is 25.4 Å². The van der Waals surface area contributed by atoms with E-state index >= 15 is 0 Å². The van der Waals surface area contributed by atoms with Gasteiger partial charge in [-0.1, -0.05) is 19.9 Å². The topological polar surface area (TPSA) is 104 Å². The summed E-state index contributed by atoms with van der Waals surface area (Å²) in [5.74, 6) is 1.88. The zero-order valence-electron chi connectivity index (χ0n) is 19.0. The third-order valence-corrected chi connectivity index (χ3v) is 4.62. The molecule has 0 radical (unpaired) electrons. The molecule has 1 atom stereocenters. The molecule has 31 heavy (non-hydrogen) atoms. The number of ether oxygens (including phenoxy) is 2. The molecule has 0 aromatic heterocycles. The van der Waals surface area contributed by atoms with Crippen molar-refractivity contribution in [1.29, 1.82) is 0 Å². The maximum absolute atomic E-state index is 11.7. The summed E-state index contributed by atoms with van der Waals surface area (Å²) in [6, 6.07) is 5.54. The van der Waals surface area contributed by atoms with E-state index in [2.05, 4.69) is 34.8 Å². The maximum atomic E-state index is 11.7. The Balaban J connectivity index is 2.05. The van der Waals surface area contributed by atoms with E-state index < -0.39 is 0 Å². The summed E-state index contributed by atoms with van der Waals surface area (Å²) in [5.41, 5.74) is 1.04. The third kappa shape index (κ3) is 7.34. The molecule has 0 bridgehead atoms. The SMILES string of the molecule is CCCOc1ccc(C(C)NC(=NCCN2C(=O)CNC2=O)NCC)cc1OCCC. The van der Waals surface area contributed by atoms with Crippen LogP contribution < -0.4 is 25.4 Å². The second kappa shape index (κ2) is 12.7. The van der Waals surface area contributed by atoms with E-state index in [9.17, 15) is 9.59 Å². The number of hydrogen-bond acceptors (Lipinski definition) is 5. The molecule has 3 amide bonds. The first kappa shape index (κ1) is 24.3. The average Bonchev–Trinajstić information content (AvgIpc) is 3.08. The van der Waals surface area contributed by atoms with Crippen molar-refractivity contribution >= 4 is 17.9 Å². The van der Waals surface area contributed by atoms with Crippen LogP contribution in [-0.4, -0.2) is 62.2 Å². The smallest absolute Gasteiger partial charge is 0.324 e. The number of carbonyl (C=O) groups is 2. The predicted octanol–water partition coefficient (Wildman–Crippen LogP) is 2.43. The Hall–Kier alpha value is -2.97. The molecule has 1 aromatic carbocycles. The first-order valence-electron chi connectivity index (χ1n) is 11.0. The highest BCUT2D eigenvalue weighted by Gasteiger charge is 2.27. The molecule has 0 spiro atoms. The van der Waals surface area contributed by atoms with Gasteiger partial charge in [0.25, 0.3) is 0 Å². The van der Waals surface area contributed by atoms with Crippen LogP contribution in [0.2, 0.25) is 0 Å². The lowest BCUT2D eigenvalue weighted by molar-refractivity contribution is -0.124. The van der Waals surface area contributed by atoms with Crippen LogP contribution in [0.5, 0.6) is 11.5 Å². The standard InChI is InChI=1S/C22H35N5O4/c1-5-12-30-18-9-8-17(14-19(18)31-13-6-2)16(4)26-21(23-7-3)24-10-11-27-20(28)15-25-22(27)29/h8-9,14,16H,5-7,10-13,15H2,1-4H3,(H,25,29)(H2,23,24,26). The van der Waals surface area contributed by atoms with Gasteiger partial charge in [-0.3, -0.25) is 14.7 Å². The Morgan fingerprint density at radius 2 is 1.87 bits per heavy atom. The lowest BCUT2D eigenvalue weighted by atomic mass is 10.1. The Labute approximate surface area is 184 Å². The minimum Gasteiger partial charge on any atom is -0.490 e. The van der Waals surface area contributed by atoms with Gasteiger partial charge in [0, 0.05) is 6.54 Å². The molecule has 9 heteroatoms. The summed E-state index contributed by atoms with van der Waals surface area (Å²) in [7, 11) is 0. The van der Waals surface area contributed by atoms with Crippen molar-refractivity contribution < 1.29 is 19.1 Å². The molecule has 1 unspecified atom stereocenters. The molecule has 1 fully saturated rings. The minimum atomic E-state index is -0.364. The molecule has 2 rings (SSSR count). The number of nitrogens with one attached hydrogen (secondary N) is 3. The maximum Gasteiger partial charge on any atom is 0.324 e. The van der Waals surface area contributed by atoms with Crippen molar-refractivity contribution in [3.8, 4) is 11.5 Å². The fraction of sp³-hybridized carbons (Fsp3) is 0.591. The summed E-state index contributed by atoms with van der Waals surface area (Å²) >= 11 is 0. The van der Waals surface area contributed by atoms with Crippen LogP contribution in [0.1, 0.15) is 52.1 Å². The van der Waals surface area contributed by atoms with Gasteiger partial charge in [-0.25, -0.2) is 4.79 Å². The van der Waals surface area contributed by atoms with Crippen LogP contribution in [0, 0.1) is 0 Å². The number of imide groups is 1. The van der Waals surface area contributed by atoms with Crippen molar-refractivity contribution in [3.63, 3.8) is 0 Å². The van der Waals surface area contributed by atoms with Gasteiger partial charge in [-0.2, -0.15) is 0 Å². The van der Waals surface area contributed by atoms with Crippen molar-refractivity contribution in [2.75, 3.05) is 39.4 Å². The van der Waals surface area contributed by atoms with Gasteiger partial charge in [0.15, 0.2) is 17.5 Å². The Morgan fingerprint density at radius 1 is 1.16 bits per heavy atom. The second-order valence-corrected chi connectivity index (χ2v) is 7.23. The zero-order chi connectivity index (χ0) is 22.6. The average molecular weight is 434 g/mol.